The third kappa shape index (κ3) is 4.16. The van der Waals surface area contributed by atoms with Crippen LogP contribution in [-0.4, -0.2) is 30.6 Å². The van der Waals surface area contributed by atoms with E-state index in [9.17, 15) is 0 Å². The molecule has 1 aromatic carbocycles. The van der Waals surface area contributed by atoms with Crippen molar-refractivity contribution in [3.8, 4) is 0 Å². The second-order valence-electron chi connectivity index (χ2n) is 5.93. The topological polar surface area (TPSA) is 15.3 Å². The number of benzene rings is 1. The molecule has 0 radical (unpaired) electrons. The Hall–Kier alpha value is -1.16. The molecule has 1 fully saturated rings. The quantitative estimate of drug-likeness (QED) is 0.875. The van der Waals surface area contributed by atoms with Crippen molar-refractivity contribution in [3.05, 3.63) is 58.3 Å². The molecular weight excluding hydrogens is 276 g/mol. The van der Waals surface area contributed by atoms with Crippen molar-refractivity contribution < 1.29 is 0 Å². The molecule has 1 aliphatic rings. The molecule has 1 aromatic heterocycles. The normalized spacial score (nSPS) is 20.7. The van der Waals surface area contributed by atoms with Crippen LogP contribution < -0.4 is 5.32 Å². The number of hydrogen-bond donors (Lipinski definition) is 1. The molecule has 2 heterocycles. The molecule has 0 saturated carbocycles. The van der Waals surface area contributed by atoms with Crippen LogP contribution >= 0.6 is 11.3 Å². The smallest absolute Gasteiger partial charge is 0.0388 e. The van der Waals surface area contributed by atoms with Crippen molar-refractivity contribution in [3.63, 3.8) is 0 Å². The zero-order valence-electron chi connectivity index (χ0n) is 12.7. The average molecular weight is 300 g/mol. The summed E-state index contributed by atoms with van der Waals surface area (Å²) in [4.78, 5) is 4.03. The molecule has 3 heteroatoms. The summed E-state index contributed by atoms with van der Waals surface area (Å²) in [6.07, 6.45) is 2.43. The van der Waals surface area contributed by atoms with E-state index in [1.54, 1.807) is 0 Å². The maximum absolute atomic E-state index is 3.78. The first kappa shape index (κ1) is 14.8. The van der Waals surface area contributed by atoms with E-state index >= 15 is 0 Å². The van der Waals surface area contributed by atoms with E-state index in [-0.39, 0.29) is 0 Å². The molecule has 0 amide bonds. The summed E-state index contributed by atoms with van der Waals surface area (Å²) < 4.78 is 0. The Balaban J connectivity index is 1.43. The zero-order valence-corrected chi connectivity index (χ0v) is 13.5. The highest BCUT2D eigenvalue weighted by Gasteiger charge is 2.23. The summed E-state index contributed by atoms with van der Waals surface area (Å²) in [6.45, 7) is 5.86. The third-order valence-electron chi connectivity index (χ3n) is 4.29. The van der Waals surface area contributed by atoms with Crippen molar-refractivity contribution in [1.82, 2.24) is 10.2 Å². The Kier molecular flexibility index (Phi) is 5.07. The Morgan fingerprint density at radius 3 is 2.86 bits per heavy atom. The second kappa shape index (κ2) is 7.21. The van der Waals surface area contributed by atoms with E-state index in [0.29, 0.717) is 12.1 Å². The van der Waals surface area contributed by atoms with Crippen molar-refractivity contribution >= 4 is 11.3 Å². The van der Waals surface area contributed by atoms with E-state index < -0.39 is 0 Å². The Labute approximate surface area is 131 Å². The number of nitrogens with one attached hydrogen (secondary N) is 1. The fourth-order valence-corrected chi connectivity index (χ4v) is 3.82. The highest BCUT2D eigenvalue weighted by molar-refractivity contribution is 7.10. The maximum Gasteiger partial charge on any atom is 0.0388 e. The minimum Gasteiger partial charge on any atom is -0.305 e. The highest BCUT2D eigenvalue weighted by atomic mass is 32.1. The highest BCUT2D eigenvalue weighted by Crippen LogP contribution is 2.21. The van der Waals surface area contributed by atoms with E-state index in [1.165, 1.54) is 36.5 Å². The predicted octanol–water partition coefficient (Wildman–Crippen LogP) is 3.72. The lowest BCUT2D eigenvalue weighted by Crippen LogP contribution is -2.34. The lowest BCUT2D eigenvalue weighted by Gasteiger charge is -2.20. The number of likely N-dealkylation sites (tertiary alicyclic amines) is 1. The number of nitrogens with zero attached hydrogens (tertiary/aromatic N) is 1. The SMILES string of the molecule is CC(NC1CCN(CCc2ccccc2)C1)c1cccs1. The number of thiophene rings is 1. The Morgan fingerprint density at radius 2 is 2.10 bits per heavy atom. The van der Waals surface area contributed by atoms with Crippen LogP contribution in [0.3, 0.4) is 0 Å². The van der Waals surface area contributed by atoms with E-state index in [1.807, 2.05) is 11.3 Å². The van der Waals surface area contributed by atoms with Crippen molar-refractivity contribution in [2.75, 3.05) is 19.6 Å². The van der Waals surface area contributed by atoms with Gasteiger partial charge in [0.25, 0.3) is 0 Å². The molecule has 0 bridgehead atoms. The van der Waals surface area contributed by atoms with Gasteiger partial charge in [0.15, 0.2) is 0 Å². The van der Waals surface area contributed by atoms with E-state index in [0.717, 1.165) is 6.42 Å². The molecule has 2 aromatic rings. The first-order valence-electron chi connectivity index (χ1n) is 7.87. The number of rotatable bonds is 6. The summed E-state index contributed by atoms with van der Waals surface area (Å²) in [7, 11) is 0. The molecule has 21 heavy (non-hydrogen) atoms. The largest absolute Gasteiger partial charge is 0.305 e. The van der Waals surface area contributed by atoms with Crippen molar-refractivity contribution in [2.45, 2.75) is 31.8 Å². The molecule has 112 valence electrons. The molecule has 3 rings (SSSR count). The first-order valence-corrected chi connectivity index (χ1v) is 8.75. The summed E-state index contributed by atoms with van der Waals surface area (Å²) in [5.41, 5.74) is 1.45. The summed E-state index contributed by atoms with van der Waals surface area (Å²) >= 11 is 1.85. The Morgan fingerprint density at radius 1 is 1.24 bits per heavy atom. The maximum atomic E-state index is 3.78. The standard InChI is InChI=1S/C18H24N2S/c1-15(18-8-5-13-21-18)19-17-10-12-20(14-17)11-9-16-6-3-2-4-7-16/h2-8,13,15,17,19H,9-12,14H2,1H3. The molecule has 1 saturated heterocycles. The fraction of sp³-hybridized carbons (Fsp3) is 0.444. The number of hydrogen-bond acceptors (Lipinski definition) is 3. The van der Waals surface area contributed by atoms with Crippen molar-refractivity contribution in [1.29, 1.82) is 0 Å². The molecule has 0 spiro atoms. The van der Waals surface area contributed by atoms with Gasteiger partial charge in [-0.1, -0.05) is 36.4 Å². The zero-order chi connectivity index (χ0) is 14.5. The van der Waals surface area contributed by atoms with Crippen LogP contribution in [0.2, 0.25) is 0 Å². The monoisotopic (exact) mass is 300 g/mol. The van der Waals surface area contributed by atoms with Gasteiger partial charge in [-0.15, -0.1) is 11.3 Å². The van der Waals surface area contributed by atoms with Crippen LogP contribution in [0.1, 0.15) is 29.8 Å². The molecule has 1 aliphatic heterocycles. The molecule has 2 atom stereocenters. The minimum absolute atomic E-state index is 0.476. The molecule has 0 aliphatic carbocycles. The van der Waals surface area contributed by atoms with Gasteiger partial charge >= 0.3 is 0 Å². The lowest BCUT2D eigenvalue weighted by molar-refractivity contribution is 0.327. The van der Waals surface area contributed by atoms with Gasteiger partial charge in [0, 0.05) is 30.1 Å². The predicted molar refractivity (Wildman–Crippen MR) is 90.9 cm³/mol. The summed E-state index contributed by atoms with van der Waals surface area (Å²) in [6, 6.07) is 16.3. The summed E-state index contributed by atoms with van der Waals surface area (Å²) in [5.74, 6) is 0. The lowest BCUT2D eigenvalue weighted by atomic mass is 10.1. The molecule has 2 unspecified atom stereocenters. The molecule has 1 N–H and O–H groups in total. The van der Waals surface area contributed by atoms with Crippen LogP contribution in [0.15, 0.2) is 47.8 Å². The van der Waals surface area contributed by atoms with Crippen LogP contribution in [0, 0.1) is 0 Å². The molecule has 2 nitrogen and oxygen atoms in total. The van der Waals surface area contributed by atoms with Gasteiger partial charge < -0.3 is 10.2 Å². The van der Waals surface area contributed by atoms with Gasteiger partial charge in [0.1, 0.15) is 0 Å². The third-order valence-corrected chi connectivity index (χ3v) is 5.34. The minimum atomic E-state index is 0.476. The van der Waals surface area contributed by atoms with Gasteiger partial charge in [-0.25, -0.2) is 0 Å². The second-order valence-corrected chi connectivity index (χ2v) is 6.90. The van der Waals surface area contributed by atoms with Gasteiger partial charge in [0.05, 0.1) is 0 Å². The van der Waals surface area contributed by atoms with Gasteiger partial charge in [-0.05, 0) is 43.3 Å². The van der Waals surface area contributed by atoms with Gasteiger partial charge in [-0.2, -0.15) is 0 Å². The van der Waals surface area contributed by atoms with E-state index in [4.69, 9.17) is 0 Å². The van der Waals surface area contributed by atoms with Gasteiger partial charge in [-0.3, -0.25) is 0 Å². The van der Waals surface area contributed by atoms with Crippen molar-refractivity contribution in [2.24, 2.45) is 0 Å². The average Bonchev–Trinajstić information content (AvgIpc) is 3.18. The summed E-state index contributed by atoms with van der Waals surface area (Å²) in [5, 5.41) is 5.94. The van der Waals surface area contributed by atoms with Crippen LogP contribution in [-0.2, 0) is 6.42 Å². The van der Waals surface area contributed by atoms with E-state index in [2.05, 4.69) is 65.0 Å². The fourth-order valence-electron chi connectivity index (χ4n) is 3.08. The van der Waals surface area contributed by atoms with Gasteiger partial charge in [0.2, 0.25) is 0 Å². The van der Waals surface area contributed by atoms with Crippen LogP contribution in [0.5, 0.6) is 0 Å². The first-order chi connectivity index (χ1) is 10.3. The van der Waals surface area contributed by atoms with Crippen LogP contribution in [0.4, 0.5) is 0 Å². The Bertz CT molecular complexity index is 523. The molecular formula is C18H24N2S. The van der Waals surface area contributed by atoms with Crippen LogP contribution in [0.25, 0.3) is 0 Å².